The molecule has 118 valence electrons. The van der Waals surface area contributed by atoms with Gasteiger partial charge in [0.1, 0.15) is 17.0 Å². The van der Waals surface area contributed by atoms with Crippen molar-refractivity contribution in [2.24, 2.45) is 0 Å². The molecule has 0 aliphatic heterocycles. The minimum absolute atomic E-state index is 0.214. The van der Waals surface area contributed by atoms with Crippen molar-refractivity contribution in [1.82, 2.24) is 10.3 Å². The van der Waals surface area contributed by atoms with Gasteiger partial charge in [0.05, 0.1) is 11.6 Å². The number of hydrogen-bond acceptors (Lipinski definition) is 3. The highest BCUT2D eigenvalue weighted by Crippen LogP contribution is 2.23. The number of carbonyl (C=O) groups excluding carboxylic acids is 1. The van der Waals surface area contributed by atoms with Crippen molar-refractivity contribution < 1.29 is 9.21 Å². The summed E-state index contributed by atoms with van der Waals surface area (Å²) in [6.07, 6.45) is 0. The SMILES string of the molecule is C[C@@H](NC(=O)c1ccc2ccccc2n1)c1cc2ccccc2o1. The summed E-state index contributed by atoms with van der Waals surface area (Å²) in [7, 11) is 0. The van der Waals surface area contributed by atoms with Crippen LogP contribution < -0.4 is 5.32 Å². The number of fused-ring (bicyclic) bond motifs is 2. The van der Waals surface area contributed by atoms with Gasteiger partial charge >= 0.3 is 0 Å². The van der Waals surface area contributed by atoms with Crippen LogP contribution in [0.1, 0.15) is 29.2 Å². The van der Waals surface area contributed by atoms with Gasteiger partial charge in [0, 0.05) is 10.8 Å². The Morgan fingerprint density at radius 3 is 2.58 bits per heavy atom. The van der Waals surface area contributed by atoms with E-state index < -0.39 is 0 Å². The summed E-state index contributed by atoms with van der Waals surface area (Å²) in [5, 5.41) is 4.98. The van der Waals surface area contributed by atoms with Gasteiger partial charge in [-0.1, -0.05) is 42.5 Å². The van der Waals surface area contributed by atoms with E-state index in [9.17, 15) is 4.79 Å². The third kappa shape index (κ3) is 2.63. The van der Waals surface area contributed by atoms with Crippen molar-refractivity contribution in [3.05, 3.63) is 78.2 Å². The van der Waals surface area contributed by atoms with Gasteiger partial charge in [0.2, 0.25) is 0 Å². The minimum Gasteiger partial charge on any atom is -0.459 e. The fourth-order valence-corrected chi connectivity index (χ4v) is 2.75. The maximum atomic E-state index is 12.5. The fraction of sp³-hybridized carbons (Fsp3) is 0.100. The molecule has 1 N–H and O–H groups in total. The molecule has 2 aromatic carbocycles. The second-order valence-electron chi connectivity index (χ2n) is 5.77. The van der Waals surface area contributed by atoms with Gasteiger partial charge in [-0.25, -0.2) is 4.98 Å². The van der Waals surface area contributed by atoms with Crippen LogP contribution in [0.5, 0.6) is 0 Å². The lowest BCUT2D eigenvalue weighted by molar-refractivity contribution is 0.0931. The molecule has 4 aromatic rings. The molecule has 4 nitrogen and oxygen atoms in total. The summed E-state index contributed by atoms with van der Waals surface area (Å²) in [5.41, 5.74) is 2.02. The molecule has 2 heterocycles. The van der Waals surface area contributed by atoms with Crippen molar-refractivity contribution in [3.8, 4) is 0 Å². The van der Waals surface area contributed by atoms with E-state index in [1.54, 1.807) is 6.07 Å². The number of nitrogens with zero attached hydrogens (tertiary/aromatic N) is 1. The smallest absolute Gasteiger partial charge is 0.270 e. The second-order valence-corrected chi connectivity index (χ2v) is 5.77. The zero-order valence-electron chi connectivity index (χ0n) is 13.2. The molecule has 0 saturated carbocycles. The van der Waals surface area contributed by atoms with Gasteiger partial charge < -0.3 is 9.73 Å². The molecule has 0 bridgehead atoms. The van der Waals surface area contributed by atoms with Crippen LogP contribution >= 0.6 is 0 Å². The van der Waals surface area contributed by atoms with E-state index in [4.69, 9.17) is 4.42 Å². The number of hydrogen-bond donors (Lipinski definition) is 1. The van der Waals surface area contributed by atoms with Crippen molar-refractivity contribution in [3.63, 3.8) is 0 Å². The van der Waals surface area contributed by atoms with Gasteiger partial charge in [0.15, 0.2) is 0 Å². The first-order valence-corrected chi connectivity index (χ1v) is 7.86. The molecular formula is C20H16N2O2. The zero-order chi connectivity index (χ0) is 16.5. The van der Waals surface area contributed by atoms with Gasteiger partial charge in [0.25, 0.3) is 5.91 Å². The summed E-state index contributed by atoms with van der Waals surface area (Å²) in [6, 6.07) is 20.9. The Labute approximate surface area is 139 Å². The number of aromatic nitrogens is 1. The van der Waals surface area contributed by atoms with Crippen molar-refractivity contribution >= 4 is 27.8 Å². The maximum Gasteiger partial charge on any atom is 0.270 e. The quantitative estimate of drug-likeness (QED) is 0.606. The topological polar surface area (TPSA) is 55.1 Å². The first kappa shape index (κ1) is 14.5. The lowest BCUT2D eigenvalue weighted by Crippen LogP contribution is -2.27. The molecule has 1 atom stereocenters. The molecule has 0 aliphatic rings. The van der Waals surface area contributed by atoms with Gasteiger partial charge in [-0.2, -0.15) is 0 Å². The molecule has 4 heteroatoms. The van der Waals surface area contributed by atoms with Crippen molar-refractivity contribution in [2.75, 3.05) is 0 Å². The normalized spacial score (nSPS) is 12.4. The summed E-state index contributed by atoms with van der Waals surface area (Å²) in [6.45, 7) is 1.90. The lowest BCUT2D eigenvalue weighted by atomic mass is 10.2. The van der Waals surface area contributed by atoms with E-state index in [1.807, 2.05) is 67.6 Å². The number of amides is 1. The van der Waals surface area contributed by atoms with Crippen molar-refractivity contribution in [2.45, 2.75) is 13.0 Å². The number of benzene rings is 2. The van der Waals surface area contributed by atoms with Crippen LogP contribution in [0.3, 0.4) is 0 Å². The molecule has 0 radical (unpaired) electrons. The van der Waals surface area contributed by atoms with E-state index in [-0.39, 0.29) is 11.9 Å². The van der Waals surface area contributed by atoms with Crippen LogP contribution in [0, 0.1) is 0 Å². The average Bonchev–Trinajstić information content (AvgIpc) is 3.05. The Bertz CT molecular complexity index is 1000. The maximum absolute atomic E-state index is 12.5. The van der Waals surface area contributed by atoms with Crippen LogP contribution in [0.2, 0.25) is 0 Å². The Kier molecular flexibility index (Phi) is 3.50. The molecule has 0 saturated heterocycles. The number of nitrogens with one attached hydrogen (secondary N) is 1. The molecular weight excluding hydrogens is 300 g/mol. The molecule has 0 spiro atoms. The Balaban J connectivity index is 1.57. The third-order valence-electron chi connectivity index (χ3n) is 4.05. The Morgan fingerprint density at radius 1 is 1.00 bits per heavy atom. The van der Waals surface area contributed by atoms with E-state index in [2.05, 4.69) is 10.3 Å². The highest BCUT2D eigenvalue weighted by molar-refractivity contribution is 5.95. The molecule has 1 amide bonds. The number of para-hydroxylation sites is 2. The fourth-order valence-electron chi connectivity index (χ4n) is 2.75. The third-order valence-corrected chi connectivity index (χ3v) is 4.05. The summed E-state index contributed by atoms with van der Waals surface area (Å²) in [4.78, 5) is 16.9. The van der Waals surface area contributed by atoms with Gasteiger partial charge in [-0.05, 0) is 31.2 Å². The molecule has 0 aliphatic carbocycles. The largest absolute Gasteiger partial charge is 0.459 e. The molecule has 0 unspecified atom stereocenters. The predicted molar refractivity (Wildman–Crippen MR) is 93.8 cm³/mol. The molecule has 4 rings (SSSR count). The lowest BCUT2D eigenvalue weighted by Gasteiger charge is -2.11. The molecule has 2 aromatic heterocycles. The minimum atomic E-state index is -0.238. The monoisotopic (exact) mass is 316 g/mol. The van der Waals surface area contributed by atoms with E-state index >= 15 is 0 Å². The van der Waals surface area contributed by atoms with E-state index in [1.165, 1.54) is 0 Å². The first-order chi connectivity index (χ1) is 11.7. The summed E-state index contributed by atoms with van der Waals surface area (Å²) >= 11 is 0. The number of furan rings is 1. The molecule has 24 heavy (non-hydrogen) atoms. The van der Waals surface area contributed by atoms with E-state index in [0.717, 1.165) is 27.6 Å². The van der Waals surface area contributed by atoms with Crippen LogP contribution in [0.15, 0.2) is 71.1 Å². The average molecular weight is 316 g/mol. The van der Waals surface area contributed by atoms with Crippen LogP contribution in [0.25, 0.3) is 21.9 Å². The van der Waals surface area contributed by atoms with Gasteiger partial charge in [-0.15, -0.1) is 0 Å². The second kappa shape index (κ2) is 5.81. The standard InChI is InChI=1S/C20H16N2O2/c1-13(19-12-15-7-3-5-9-18(15)24-19)21-20(23)17-11-10-14-6-2-4-8-16(14)22-17/h2-13H,1H3,(H,21,23)/t13-/m1/s1. The highest BCUT2D eigenvalue weighted by Gasteiger charge is 2.16. The number of pyridine rings is 1. The Hall–Kier alpha value is -3.14. The highest BCUT2D eigenvalue weighted by atomic mass is 16.3. The Morgan fingerprint density at radius 2 is 1.75 bits per heavy atom. The summed E-state index contributed by atoms with van der Waals surface area (Å²) in [5.74, 6) is 0.513. The number of rotatable bonds is 3. The molecule has 0 fully saturated rings. The van der Waals surface area contributed by atoms with Crippen LogP contribution in [-0.4, -0.2) is 10.9 Å². The predicted octanol–water partition coefficient (Wildman–Crippen LogP) is 4.47. The van der Waals surface area contributed by atoms with Crippen LogP contribution in [0.4, 0.5) is 0 Å². The zero-order valence-corrected chi connectivity index (χ0v) is 13.2. The van der Waals surface area contributed by atoms with E-state index in [0.29, 0.717) is 5.69 Å². The number of carbonyl (C=O) groups is 1. The van der Waals surface area contributed by atoms with Crippen LogP contribution in [-0.2, 0) is 0 Å². The van der Waals surface area contributed by atoms with Gasteiger partial charge in [-0.3, -0.25) is 4.79 Å². The van der Waals surface area contributed by atoms with Crippen molar-refractivity contribution in [1.29, 1.82) is 0 Å². The summed E-state index contributed by atoms with van der Waals surface area (Å²) < 4.78 is 5.80. The first-order valence-electron chi connectivity index (χ1n) is 7.86.